The van der Waals surface area contributed by atoms with Crippen molar-refractivity contribution in [2.45, 2.75) is 32.9 Å². The summed E-state index contributed by atoms with van der Waals surface area (Å²) in [4.78, 5) is 20.9. The molecule has 7 heteroatoms. The molecule has 7 nitrogen and oxygen atoms in total. The van der Waals surface area contributed by atoms with Gasteiger partial charge in [-0.05, 0) is 50.6 Å². The Kier molecular flexibility index (Phi) is 6.55. The molecule has 152 valence electrons. The highest BCUT2D eigenvalue weighted by Gasteiger charge is 2.24. The number of nitriles is 1. The number of nitrogens with one attached hydrogen (secondary N) is 1. The number of aromatic nitrogens is 1. The number of carbonyl (C=O) groups excluding carboxylic acids is 1. The highest BCUT2D eigenvalue weighted by Crippen LogP contribution is 2.20. The summed E-state index contributed by atoms with van der Waals surface area (Å²) in [6, 6.07) is 13.3. The van der Waals surface area contributed by atoms with Crippen LogP contribution in [0.2, 0.25) is 0 Å². The number of benzene rings is 1. The first-order chi connectivity index (χ1) is 14.0. The molecule has 1 aromatic heterocycles. The number of anilines is 1. The Morgan fingerprint density at radius 1 is 1.14 bits per heavy atom. The summed E-state index contributed by atoms with van der Waals surface area (Å²) in [6.45, 7) is 8.42. The molecule has 1 fully saturated rings. The van der Waals surface area contributed by atoms with Crippen LogP contribution in [0.4, 0.5) is 10.6 Å². The summed E-state index contributed by atoms with van der Waals surface area (Å²) >= 11 is 0. The molecular formula is C22H27N5O2. The molecule has 2 amide bonds. The fraction of sp³-hybridized carbons (Fsp3) is 0.409. The van der Waals surface area contributed by atoms with Crippen molar-refractivity contribution in [3.8, 4) is 11.8 Å². The van der Waals surface area contributed by atoms with Crippen LogP contribution in [0.15, 0.2) is 42.6 Å². The number of piperazine rings is 1. The Balaban J connectivity index is 1.53. The van der Waals surface area contributed by atoms with E-state index in [1.54, 1.807) is 23.2 Å². The molecule has 2 aromatic rings. The quantitative estimate of drug-likeness (QED) is 0.843. The third kappa shape index (κ3) is 5.17. The van der Waals surface area contributed by atoms with Crippen LogP contribution in [0.5, 0.6) is 5.75 Å². The smallest absolute Gasteiger partial charge is 0.317 e. The maximum atomic E-state index is 12.7. The highest BCUT2D eigenvalue weighted by atomic mass is 16.5. The first-order valence-corrected chi connectivity index (χ1v) is 9.90. The molecule has 1 aliphatic rings. The lowest BCUT2D eigenvalue weighted by Gasteiger charge is -2.36. The maximum Gasteiger partial charge on any atom is 0.317 e. The fourth-order valence-corrected chi connectivity index (χ4v) is 3.32. The molecule has 1 aromatic carbocycles. The van der Waals surface area contributed by atoms with E-state index >= 15 is 0 Å². The summed E-state index contributed by atoms with van der Waals surface area (Å²) in [6.07, 6.45) is 1.82. The number of urea groups is 1. The lowest BCUT2D eigenvalue weighted by atomic mass is 10.1. The standard InChI is InChI=1S/C22H27N5O2/c1-16(2)29-20-8-6-18(7-9-20)17(3)25-22(28)27-13-11-26(12-14-27)21-19(15-23)5-4-10-24-21/h4-10,16-17H,11-14H2,1-3H3,(H,25,28). The zero-order valence-electron chi connectivity index (χ0n) is 17.1. The van der Waals surface area contributed by atoms with Gasteiger partial charge in [0.25, 0.3) is 0 Å². The van der Waals surface area contributed by atoms with Crippen molar-refractivity contribution in [2.75, 3.05) is 31.1 Å². The number of nitrogens with zero attached hydrogens (tertiary/aromatic N) is 4. The Morgan fingerprint density at radius 3 is 2.45 bits per heavy atom. The van der Waals surface area contributed by atoms with E-state index in [1.807, 2.05) is 45.0 Å². The minimum absolute atomic E-state index is 0.0822. The normalized spacial score (nSPS) is 15.0. The largest absolute Gasteiger partial charge is 0.491 e. The lowest BCUT2D eigenvalue weighted by molar-refractivity contribution is 0.191. The van der Waals surface area contributed by atoms with E-state index in [0.717, 1.165) is 11.3 Å². The minimum Gasteiger partial charge on any atom is -0.491 e. The van der Waals surface area contributed by atoms with Crippen LogP contribution in [-0.2, 0) is 0 Å². The summed E-state index contributed by atoms with van der Waals surface area (Å²) in [7, 11) is 0. The molecule has 0 aliphatic carbocycles. The minimum atomic E-state index is -0.102. The predicted molar refractivity (Wildman–Crippen MR) is 112 cm³/mol. The van der Waals surface area contributed by atoms with Crippen molar-refractivity contribution in [3.63, 3.8) is 0 Å². The van der Waals surface area contributed by atoms with Gasteiger partial charge in [0.1, 0.15) is 17.6 Å². The van der Waals surface area contributed by atoms with Gasteiger partial charge >= 0.3 is 6.03 Å². The van der Waals surface area contributed by atoms with Gasteiger partial charge in [0, 0.05) is 32.4 Å². The summed E-state index contributed by atoms with van der Waals surface area (Å²) < 4.78 is 5.66. The van der Waals surface area contributed by atoms with Crippen molar-refractivity contribution in [3.05, 3.63) is 53.7 Å². The second-order valence-electron chi connectivity index (χ2n) is 7.37. The second kappa shape index (κ2) is 9.28. The molecular weight excluding hydrogens is 366 g/mol. The molecule has 1 saturated heterocycles. The van der Waals surface area contributed by atoms with Gasteiger partial charge in [-0.15, -0.1) is 0 Å². The van der Waals surface area contributed by atoms with Crippen molar-refractivity contribution in [2.24, 2.45) is 0 Å². The third-order valence-electron chi connectivity index (χ3n) is 4.87. The highest BCUT2D eigenvalue weighted by molar-refractivity contribution is 5.75. The summed E-state index contributed by atoms with van der Waals surface area (Å²) in [5, 5.41) is 12.3. The van der Waals surface area contributed by atoms with Gasteiger partial charge in [0.05, 0.1) is 17.7 Å². The Labute approximate surface area is 171 Å². The van der Waals surface area contributed by atoms with Crippen LogP contribution in [0, 0.1) is 11.3 Å². The van der Waals surface area contributed by atoms with Gasteiger partial charge in [0.15, 0.2) is 0 Å². The van der Waals surface area contributed by atoms with Crippen LogP contribution in [0.25, 0.3) is 0 Å². The third-order valence-corrected chi connectivity index (χ3v) is 4.87. The molecule has 2 heterocycles. The number of amides is 2. The zero-order chi connectivity index (χ0) is 20.8. The van der Waals surface area contributed by atoms with Gasteiger partial charge < -0.3 is 19.9 Å². The molecule has 3 rings (SSSR count). The second-order valence-corrected chi connectivity index (χ2v) is 7.37. The maximum absolute atomic E-state index is 12.7. The van der Waals surface area contributed by atoms with Crippen LogP contribution in [-0.4, -0.2) is 48.2 Å². The number of ether oxygens (including phenoxy) is 1. The lowest BCUT2D eigenvalue weighted by Crippen LogP contribution is -2.52. The number of pyridine rings is 1. The number of rotatable bonds is 5. The Hall–Kier alpha value is -3.27. The molecule has 0 radical (unpaired) electrons. The molecule has 0 saturated carbocycles. The number of hydrogen-bond acceptors (Lipinski definition) is 5. The molecule has 0 spiro atoms. The van der Waals surface area contributed by atoms with Gasteiger partial charge in [-0.2, -0.15) is 5.26 Å². The number of hydrogen-bond donors (Lipinski definition) is 1. The van der Waals surface area contributed by atoms with Crippen molar-refractivity contribution in [1.82, 2.24) is 15.2 Å². The van der Waals surface area contributed by atoms with Gasteiger partial charge in [0.2, 0.25) is 0 Å². The average molecular weight is 393 g/mol. The van der Waals surface area contributed by atoms with Crippen molar-refractivity contribution < 1.29 is 9.53 Å². The first kappa shape index (κ1) is 20.5. The van der Waals surface area contributed by atoms with Gasteiger partial charge in [-0.3, -0.25) is 0 Å². The van der Waals surface area contributed by atoms with E-state index in [-0.39, 0.29) is 18.2 Å². The Morgan fingerprint density at radius 2 is 1.83 bits per heavy atom. The Bertz CT molecular complexity index is 868. The molecule has 1 unspecified atom stereocenters. The summed E-state index contributed by atoms with van der Waals surface area (Å²) in [5.41, 5.74) is 1.59. The molecule has 1 aliphatic heterocycles. The first-order valence-electron chi connectivity index (χ1n) is 9.90. The van der Waals surface area contributed by atoms with E-state index in [1.165, 1.54) is 0 Å². The topological polar surface area (TPSA) is 81.5 Å². The van der Waals surface area contributed by atoms with Crippen LogP contribution in [0.3, 0.4) is 0 Å². The molecule has 0 bridgehead atoms. The van der Waals surface area contributed by atoms with Gasteiger partial charge in [-0.25, -0.2) is 9.78 Å². The van der Waals surface area contributed by atoms with Crippen LogP contribution >= 0.6 is 0 Å². The predicted octanol–water partition coefficient (Wildman–Crippen LogP) is 3.33. The SMILES string of the molecule is CC(C)Oc1ccc(C(C)NC(=O)N2CCN(c3ncccc3C#N)CC2)cc1. The van der Waals surface area contributed by atoms with Crippen LogP contribution < -0.4 is 15.0 Å². The molecule has 1 N–H and O–H groups in total. The zero-order valence-corrected chi connectivity index (χ0v) is 17.1. The van der Waals surface area contributed by atoms with E-state index in [0.29, 0.717) is 37.6 Å². The van der Waals surface area contributed by atoms with E-state index in [2.05, 4.69) is 21.3 Å². The average Bonchev–Trinajstić information content (AvgIpc) is 2.74. The fourth-order valence-electron chi connectivity index (χ4n) is 3.32. The van der Waals surface area contributed by atoms with E-state index in [4.69, 9.17) is 4.74 Å². The van der Waals surface area contributed by atoms with E-state index in [9.17, 15) is 10.1 Å². The summed E-state index contributed by atoms with van der Waals surface area (Å²) in [5.74, 6) is 1.51. The van der Waals surface area contributed by atoms with Crippen molar-refractivity contribution in [1.29, 1.82) is 5.26 Å². The molecule has 29 heavy (non-hydrogen) atoms. The van der Waals surface area contributed by atoms with E-state index < -0.39 is 0 Å². The number of carbonyl (C=O) groups is 1. The molecule has 1 atom stereocenters. The van der Waals surface area contributed by atoms with Crippen molar-refractivity contribution >= 4 is 11.8 Å². The van der Waals surface area contributed by atoms with Gasteiger partial charge in [-0.1, -0.05) is 12.1 Å². The monoisotopic (exact) mass is 393 g/mol. The van der Waals surface area contributed by atoms with Crippen LogP contribution in [0.1, 0.15) is 37.9 Å².